The molecule has 0 spiro atoms. The molecule has 0 bridgehead atoms. The summed E-state index contributed by atoms with van der Waals surface area (Å²) < 4.78 is 0.996. The van der Waals surface area contributed by atoms with E-state index in [-0.39, 0.29) is 11.8 Å². The van der Waals surface area contributed by atoms with Gasteiger partial charge in [0.1, 0.15) is 0 Å². The van der Waals surface area contributed by atoms with Crippen molar-refractivity contribution in [1.29, 1.82) is 0 Å². The fourth-order valence-electron chi connectivity index (χ4n) is 5.02. The molecule has 2 fully saturated rings. The molecule has 2 amide bonds. The largest absolute Gasteiger partial charge is 0.333 e. The van der Waals surface area contributed by atoms with Gasteiger partial charge in [-0.25, -0.2) is 0 Å². The third-order valence-corrected chi connectivity index (χ3v) is 7.63. The number of carbonyl (C=O) groups is 2. The minimum Gasteiger partial charge on any atom is -0.333 e. The number of nitrogens with one attached hydrogen (secondary N) is 1. The average molecular weight is 530 g/mol. The lowest BCUT2D eigenvalue weighted by Crippen LogP contribution is -2.48. The zero-order valence-electron chi connectivity index (χ0n) is 18.0. The Morgan fingerprint density at radius 2 is 1.26 bits per heavy atom. The lowest BCUT2D eigenvalue weighted by molar-refractivity contribution is 0.0448. The fraction of sp³-hybridized carbons (Fsp3) is 0.462. The van der Waals surface area contributed by atoms with Crippen LogP contribution < -0.4 is 5.32 Å². The Kier molecular flexibility index (Phi) is 7.64. The van der Waals surface area contributed by atoms with Crippen LogP contribution in [0.5, 0.6) is 0 Å². The molecule has 4 rings (SSSR count). The first-order chi connectivity index (χ1) is 15.1. The summed E-state index contributed by atoms with van der Waals surface area (Å²) in [6.45, 7) is 0. The van der Waals surface area contributed by atoms with Gasteiger partial charge in [0.15, 0.2) is 0 Å². The van der Waals surface area contributed by atoms with Crippen LogP contribution in [0.4, 0.5) is 5.69 Å². The summed E-state index contributed by atoms with van der Waals surface area (Å²) >= 11 is 2.21. The van der Waals surface area contributed by atoms with Crippen LogP contribution >= 0.6 is 22.6 Å². The molecule has 0 radical (unpaired) electrons. The van der Waals surface area contributed by atoms with E-state index >= 15 is 0 Å². The van der Waals surface area contributed by atoms with E-state index in [2.05, 4.69) is 32.8 Å². The SMILES string of the molecule is O=C(Nc1ccccc1I)c1ccc(C(=O)N(C2CCCCC2)C2CCCCC2)cc1. The second-order valence-corrected chi connectivity index (χ2v) is 9.97. The maximum atomic E-state index is 13.6. The van der Waals surface area contributed by atoms with Gasteiger partial charge in [0, 0.05) is 26.8 Å². The molecule has 0 heterocycles. The number of amides is 2. The monoisotopic (exact) mass is 530 g/mol. The normalized spacial score (nSPS) is 17.8. The Morgan fingerprint density at radius 3 is 1.81 bits per heavy atom. The molecule has 31 heavy (non-hydrogen) atoms. The van der Waals surface area contributed by atoms with Crippen molar-refractivity contribution in [3.8, 4) is 0 Å². The molecule has 2 aromatic carbocycles. The fourth-order valence-corrected chi connectivity index (χ4v) is 5.54. The van der Waals surface area contributed by atoms with E-state index in [4.69, 9.17) is 0 Å². The van der Waals surface area contributed by atoms with Crippen molar-refractivity contribution in [2.75, 3.05) is 5.32 Å². The van der Waals surface area contributed by atoms with Crippen molar-refractivity contribution in [2.45, 2.75) is 76.3 Å². The zero-order valence-corrected chi connectivity index (χ0v) is 20.1. The number of carbonyl (C=O) groups excluding carboxylic acids is 2. The van der Waals surface area contributed by atoms with Gasteiger partial charge in [-0.3, -0.25) is 9.59 Å². The summed E-state index contributed by atoms with van der Waals surface area (Å²) in [4.78, 5) is 28.5. The lowest BCUT2D eigenvalue weighted by Gasteiger charge is -2.42. The molecule has 0 saturated heterocycles. The molecule has 164 valence electrons. The Morgan fingerprint density at radius 1 is 0.742 bits per heavy atom. The van der Waals surface area contributed by atoms with Crippen LogP contribution in [0, 0.1) is 3.57 Å². The minimum absolute atomic E-state index is 0.142. The molecule has 2 saturated carbocycles. The summed E-state index contributed by atoms with van der Waals surface area (Å²) in [5.41, 5.74) is 2.06. The van der Waals surface area contributed by atoms with Crippen LogP contribution in [-0.2, 0) is 0 Å². The first-order valence-corrected chi connectivity index (χ1v) is 12.7. The standard InChI is InChI=1S/C26H31IN2O2/c27-23-13-7-8-14-24(23)28-25(30)19-15-17-20(18-16-19)26(31)29(21-9-3-1-4-10-21)22-11-5-2-6-12-22/h7-8,13-18,21-22H,1-6,9-12H2,(H,28,30). The number of hydrogen-bond donors (Lipinski definition) is 1. The molecule has 2 aromatic rings. The summed E-state index contributed by atoms with van der Waals surface area (Å²) in [5.74, 6) is -0.0112. The Balaban J connectivity index is 1.49. The number of para-hydroxylation sites is 1. The zero-order chi connectivity index (χ0) is 21.6. The Bertz CT molecular complexity index is 882. The highest BCUT2D eigenvalue weighted by molar-refractivity contribution is 14.1. The molecule has 2 aliphatic rings. The number of benzene rings is 2. The molecule has 0 aromatic heterocycles. The maximum Gasteiger partial charge on any atom is 0.255 e. The van der Waals surface area contributed by atoms with Gasteiger partial charge in [0.25, 0.3) is 11.8 Å². The highest BCUT2D eigenvalue weighted by atomic mass is 127. The van der Waals surface area contributed by atoms with E-state index in [1.807, 2.05) is 36.4 Å². The molecule has 0 aliphatic heterocycles. The molecule has 1 N–H and O–H groups in total. The van der Waals surface area contributed by atoms with Gasteiger partial charge >= 0.3 is 0 Å². The number of nitrogens with zero attached hydrogens (tertiary/aromatic N) is 1. The van der Waals surface area contributed by atoms with Crippen LogP contribution in [0.15, 0.2) is 48.5 Å². The van der Waals surface area contributed by atoms with Gasteiger partial charge in [-0.2, -0.15) is 0 Å². The Hall–Kier alpha value is -1.89. The molecule has 4 nitrogen and oxygen atoms in total. The van der Waals surface area contributed by atoms with Gasteiger partial charge in [-0.05, 0) is 84.7 Å². The summed E-state index contributed by atoms with van der Waals surface area (Å²) in [7, 11) is 0. The summed E-state index contributed by atoms with van der Waals surface area (Å²) in [6, 6.07) is 15.6. The van der Waals surface area contributed by atoms with Gasteiger partial charge in [-0.15, -0.1) is 0 Å². The predicted molar refractivity (Wildman–Crippen MR) is 133 cm³/mol. The van der Waals surface area contributed by atoms with Gasteiger partial charge in [0.2, 0.25) is 0 Å². The highest BCUT2D eigenvalue weighted by Gasteiger charge is 2.33. The van der Waals surface area contributed by atoms with E-state index in [0.29, 0.717) is 23.2 Å². The summed E-state index contributed by atoms with van der Waals surface area (Å²) in [5, 5.41) is 2.96. The Labute approximate surface area is 198 Å². The highest BCUT2D eigenvalue weighted by Crippen LogP contribution is 2.31. The molecule has 0 atom stereocenters. The van der Waals surface area contributed by atoms with Crippen molar-refractivity contribution >= 4 is 40.1 Å². The number of hydrogen-bond acceptors (Lipinski definition) is 2. The van der Waals surface area contributed by atoms with Crippen molar-refractivity contribution in [3.05, 3.63) is 63.2 Å². The topological polar surface area (TPSA) is 49.4 Å². The number of rotatable bonds is 5. The van der Waals surface area contributed by atoms with E-state index in [1.54, 1.807) is 12.1 Å². The van der Waals surface area contributed by atoms with E-state index in [0.717, 1.165) is 34.9 Å². The van der Waals surface area contributed by atoms with Crippen LogP contribution in [-0.4, -0.2) is 28.8 Å². The van der Waals surface area contributed by atoms with Crippen molar-refractivity contribution in [1.82, 2.24) is 4.90 Å². The second kappa shape index (κ2) is 10.6. The quantitative estimate of drug-likeness (QED) is 0.440. The molecule has 2 aliphatic carbocycles. The van der Waals surface area contributed by atoms with Crippen LogP contribution in [0.2, 0.25) is 0 Å². The molecular weight excluding hydrogens is 499 g/mol. The average Bonchev–Trinajstić information content (AvgIpc) is 2.82. The first-order valence-electron chi connectivity index (χ1n) is 11.6. The van der Waals surface area contributed by atoms with E-state index in [9.17, 15) is 9.59 Å². The van der Waals surface area contributed by atoms with Crippen LogP contribution in [0.3, 0.4) is 0 Å². The van der Waals surface area contributed by atoms with Crippen LogP contribution in [0.1, 0.15) is 84.9 Å². The smallest absolute Gasteiger partial charge is 0.255 e. The van der Waals surface area contributed by atoms with Crippen molar-refractivity contribution < 1.29 is 9.59 Å². The van der Waals surface area contributed by atoms with Crippen molar-refractivity contribution in [3.63, 3.8) is 0 Å². The third kappa shape index (κ3) is 5.48. The first kappa shape index (κ1) is 22.3. The maximum absolute atomic E-state index is 13.6. The molecule has 0 unspecified atom stereocenters. The molecule has 5 heteroatoms. The van der Waals surface area contributed by atoms with Crippen LogP contribution in [0.25, 0.3) is 0 Å². The van der Waals surface area contributed by atoms with E-state index in [1.165, 1.54) is 38.5 Å². The number of anilines is 1. The number of halogens is 1. The summed E-state index contributed by atoms with van der Waals surface area (Å²) in [6.07, 6.45) is 11.9. The lowest BCUT2D eigenvalue weighted by atomic mass is 9.88. The van der Waals surface area contributed by atoms with E-state index < -0.39 is 0 Å². The molecular formula is C26H31IN2O2. The second-order valence-electron chi connectivity index (χ2n) is 8.81. The third-order valence-electron chi connectivity index (χ3n) is 6.69. The van der Waals surface area contributed by atoms with Gasteiger partial charge < -0.3 is 10.2 Å². The van der Waals surface area contributed by atoms with Gasteiger partial charge in [0.05, 0.1) is 5.69 Å². The van der Waals surface area contributed by atoms with Gasteiger partial charge in [-0.1, -0.05) is 50.7 Å². The predicted octanol–water partition coefficient (Wildman–Crippen LogP) is 6.65. The minimum atomic E-state index is -0.153. The van der Waals surface area contributed by atoms with Crippen molar-refractivity contribution in [2.24, 2.45) is 0 Å².